The molecule has 8 nitrogen and oxygen atoms in total. The molecule has 1 N–H and O–H groups in total. The Balaban J connectivity index is 0.000000878. The van der Waals surface area contributed by atoms with E-state index in [0.29, 0.717) is 19.0 Å². The molecule has 28 heavy (non-hydrogen) atoms. The SMILES string of the molecule is CN(C)S(=O)(=O)C[C@@H]1COC[C@H]1n1ccnc1-c1ccc(F)cc1F.O=CO. The summed E-state index contributed by atoms with van der Waals surface area (Å²) in [6.45, 7) is 0.348. The van der Waals surface area contributed by atoms with E-state index in [1.165, 1.54) is 30.7 Å². The summed E-state index contributed by atoms with van der Waals surface area (Å²) in [7, 11) is -0.435. The number of carboxylic acid groups (broad SMARTS) is 1. The predicted octanol–water partition coefficient (Wildman–Crippen LogP) is 1.61. The van der Waals surface area contributed by atoms with E-state index in [-0.39, 0.29) is 29.7 Å². The molecule has 1 aromatic carbocycles. The van der Waals surface area contributed by atoms with Gasteiger partial charge in [-0.05, 0) is 12.1 Å². The zero-order chi connectivity index (χ0) is 20.9. The summed E-state index contributed by atoms with van der Waals surface area (Å²) in [6, 6.07) is 2.99. The first-order chi connectivity index (χ1) is 13.2. The first kappa shape index (κ1) is 21.9. The second-order valence-electron chi connectivity index (χ2n) is 6.31. The maximum atomic E-state index is 14.1. The van der Waals surface area contributed by atoms with Gasteiger partial charge in [-0.15, -0.1) is 0 Å². The monoisotopic (exact) mass is 417 g/mol. The quantitative estimate of drug-likeness (QED) is 0.742. The van der Waals surface area contributed by atoms with Crippen molar-refractivity contribution in [3.05, 3.63) is 42.2 Å². The third-order valence-electron chi connectivity index (χ3n) is 4.34. The van der Waals surface area contributed by atoms with Gasteiger partial charge in [-0.1, -0.05) is 0 Å². The molecular formula is C17H21F2N3O5S. The van der Waals surface area contributed by atoms with Gasteiger partial charge in [0.05, 0.1) is 30.6 Å². The molecule has 0 bridgehead atoms. The summed E-state index contributed by atoms with van der Waals surface area (Å²) in [6.07, 6.45) is 3.17. The van der Waals surface area contributed by atoms with Crippen molar-refractivity contribution < 1.29 is 31.8 Å². The average Bonchev–Trinajstić information content (AvgIpc) is 3.24. The van der Waals surface area contributed by atoms with Crippen molar-refractivity contribution in [2.45, 2.75) is 6.04 Å². The lowest BCUT2D eigenvalue weighted by Gasteiger charge is -2.22. The second kappa shape index (κ2) is 9.22. The van der Waals surface area contributed by atoms with E-state index in [9.17, 15) is 17.2 Å². The van der Waals surface area contributed by atoms with Gasteiger partial charge in [-0.3, -0.25) is 4.79 Å². The summed E-state index contributed by atoms with van der Waals surface area (Å²) >= 11 is 0. The van der Waals surface area contributed by atoms with Gasteiger partial charge in [-0.25, -0.2) is 26.5 Å². The lowest BCUT2D eigenvalue weighted by molar-refractivity contribution is -0.122. The Morgan fingerprint density at radius 1 is 1.36 bits per heavy atom. The van der Waals surface area contributed by atoms with Crippen molar-refractivity contribution in [3.63, 3.8) is 0 Å². The summed E-state index contributed by atoms with van der Waals surface area (Å²) in [5, 5.41) is 6.89. The molecule has 0 radical (unpaired) electrons. The maximum Gasteiger partial charge on any atom is 0.290 e. The molecule has 154 valence electrons. The number of ether oxygens (including phenoxy) is 1. The van der Waals surface area contributed by atoms with Crippen LogP contribution in [0.4, 0.5) is 8.78 Å². The first-order valence-electron chi connectivity index (χ1n) is 8.25. The van der Waals surface area contributed by atoms with Crippen LogP contribution in [0.15, 0.2) is 30.6 Å². The van der Waals surface area contributed by atoms with Crippen molar-refractivity contribution in [1.29, 1.82) is 0 Å². The number of hydrogen-bond donors (Lipinski definition) is 1. The Bertz CT molecular complexity index is 917. The lowest BCUT2D eigenvalue weighted by atomic mass is 10.1. The van der Waals surface area contributed by atoms with Crippen LogP contribution in [0, 0.1) is 17.6 Å². The van der Waals surface area contributed by atoms with Crippen LogP contribution in [-0.2, 0) is 19.6 Å². The van der Waals surface area contributed by atoms with Gasteiger partial charge in [0.2, 0.25) is 10.0 Å². The molecule has 2 aromatic rings. The van der Waals surface area contributed by atoms with E-state index in [0.717, 1.165) is 12.1 Å². The molecule has 1 saturated heterocycles. The van der Waals surface area contributed by atoms with E-state index in [1.807, 2.05) is 0 Å². The smallest absolute Gasteiger partial charge is 0.290 e. The van der Waals surface area contributed by atoms with E-state index >= 15 is 0 Å². The maximum absolute atomic E-state index is 14.1. The molecule has 2 heterocycles. The van der Waals surface area contributed by atoms with Crippen LogP contribution in [0.3, 0.4) is 0 Å². The molecule has 1 aliphatic rings. The van der Waals surface area contributed by atoms with E-state index in [4.69, 9.17) is 14.6 Å². The van der Waals surface area contributed by atoms with Crippen LogP contribution in [-0.4, -0.2) is 66.9 Å². The summed E-state index contributed by atoms with van der Waals surface area (Å²) in [5.74, 6) is -1.43. The largest absolute Gasteiger partial charge is 0.483 e. The zero-order valence-corrected chi connectivity index (χ0v) is 16.1. The molecule has 0 spiro atoms. The van der Waals surface area contributed by atoms with Gasteiger partial charge in [-0.2, -0.15) is 0 Å². The van der Waals surface area contributed by atoms with Crippen LogP contribution in [0.2, 0.25) is 0 Å². The number of benzene rings is 1. The molecule has 0 amide bonds. The molecule has 1 fully saturated rings. The minimum Gasteiger partial charge on any atom is -0.483 e. The fraction of sp³-hybridized carbons (Fsp3) is 0.412. The van der Waals surface area contributed by atoms with Crippen molar-refractivity contribution in [3.8, 4) is 11.4 Å². The zero-order valence-electron chi connectivity index (χ0n) is 15.3. The minimum atomic E-state index is -3.40. The first-order valence-corrected chi connectivity index (χ1v) is 9.86. The highest BCUT2D eigenvalue weighted by Gasteiger charge is 2.35. The van der Waals surface area contributed by atoms with Crippen LogP contribution in [0.5, 0.6) is 0 Å². The summed E-state index contributed by atoms with van der Waals surface area (Å²) in [4.78, 5) is 12.5. The molecule has 1 aliphatic heterocycles. The van der Waals surface area contributed by atoms with E-state index in [1.54, 1.807) is 10.8 Å². The number of aromatic nitrogens is 2. The highest BCUT2D eigenvalue weighted by molar-refractivity contribution is 7.89. The molecule has 0 aliphatic carbocycles. The number of nitrogens with zero attached hydrogens (tertiary/aromatic N) is 3. The summed E-state index contributed by atoms with van der Waals surface area (Å²) in [5.41, 5.74) is 0.160. The topological polar surface area (TPSA) is 102 Å². The number of rotatable bonds is 5. The normalized spacial score (nSPS) is 19.3. The number of carbonyl (C=O) groups is 1. The standard InChI is InChI=1S/C16H19F2N3O3S.CH2O2/c1-20(2)25(22,23)10-11-8-24-9-15(11)21-6-5-19-16(21)13-4-3-12(17)7-14(13)18;2-1-3/h3-7,11,15H,8-10H2,1-2H3;1H,(H,2,3)/t11-,15+;/m0./s1. The van der Waals surface area contributed by atoms with Crippen LogP contribution < -0.4 is 0 Å². The second-order valence-corrected chi connectivity index (χ2v) is 8.54. The fourth-order valence-electron chi connectivity index (χ4n) is 2.93. The number of hydrogen-bond acceptors (Lipinski definition) is 5. The third-order valence-corrected chi connectivity index (χ3v) is 6.31. The molecule has 0 saturated carbocycles. The third kappa shape index (κ3) is 4.91. The Kier molecular flexibility index (Phi) is 7.22. The van der Waals surface area contributed by atoms with Gasteiger partial charge in [0.1, 0.15) is 17.5 Å². The minimum absolute atomic E-state index is 0.0752. The highest BCUT2D eigenvalue weighted by atomic mass is 32.2. The molecule has 1 aromatic heterocycles. The van der Waals surface area contributed by atoms with Crippen LogP contribution in [0.1, 0.15) is 6.04 Å². The van der Waals surface area contributed by atoms with Crippen LogP contribution >= 0.6 is 0 Å². The number of imidazole rings is 1. The Hall–Kier alpha value is -2.37. The highest BCUT2D eigenvalue weighted by Crippen LogP contribution is 2.32. The Morgan fingerprint density at radius 3 is 2.64 bits per heavy atom. The predicted molar refractivity (Wildman–Crippen MR) is 97.1 cm³/mol. The van der Waals surface area contributed by atoms with Crippen molar-refractivity contribution in [2.24, 2.45) is 5.92 Å². The van der Waals surface area contributed by atoms with E-state index < -0.39 is 21.7 Å². The molecule has 2 atom stereocenters. The van der Waals surface area contributed by atoms with Gasteiger partial charge in [0, 0.05) is 38.5 Å². The van der Waals surface area contributed by atoms with Crippen LogP contribution in [0.25, 0.3) is 11.4 Å². The number of sulfonamides is 1. The molecule has 11 heteroatoms. The van der Waals surface area contributed by atoms with Gasteiger partial charge < -0.3 is 14.4 Å². The average molecular weight is 417 g/mol. The van der Waals surface area contributed by atoms with Crippen molar-refractivity contribution >= 4 is 16.5 Å². The van der Waals surface area contributed by atoms with Crippen molar-refractivity contribution in [2.75, 3.05) is 33.1 Å². The van der Waals surface area contributed by atoms with Gasteiger partial charge in [0.25, 0.3) is 6.47 Å². The van der Waals surface area contributed by atoms with Gasteiger partial charge in [0.15, 0.2) is 0 Å². The molecule has 0 unspecified atom stereocenters. The van der Waals surface area contributed by atoms with Crippen molar-refractivity contribution in [1.82, 2.24) is 13.9 Å². The van der Waals surface area contributed by atoms with E-state index in [2.05, 4.69) is 4.98 Å². The summed E-state index contributed by atoms with van der Waals surface area (Å²) < 4.78 is 60.0. The fourth-order valence-corrected chi connectivity index (χ4v) is 4.09. The Labute approximate surface area is 161 Å². The lowest BCUT2D eigenvalue weighted by Crippen LogP contribution is -2.32. The Morgan fingerprint density at radius 2 is 2.04 bits per heavy atom. The molecule has 3 rings (SSSR count). The molecular weight excluding hydrogens is 396 g/mol. The van der Waals surface area contributed by atoms with Gasteiger partial charge >= 0.3 is 0 Å². The number of halogens is 2.